The summed E-state index contributed by atoms with van der Waals surface area (Å²) in [6, 6.07) is 0. The minimum atomic E-state index is 0.790. The second-order valence-corrected chi connectivity index (χ2v) is 2.46. The molecule has 1 rings (SSSR count). The zero-order valence-corrected chi connectivity index (χ0v) is 6.66. The van der Waals surface area contributed by atoms with Gasteiger partial charge in [-0.2, -0.15) is 0 Å². The molecule has 0 atom stereocenters. The number of aromatic nitrogens is 2. The zero-order valence-electron chi connectivity index (χ0n) is 6.66. The van der Waals surface area contributed by atoms with Gasteiger partial charge in [0.15, 0.2) is 0 Å². The average molecular weight is 152 g/mol. The van der Waals surface area contributed by atoms with Crippen LogP contribution in [-0.2, 0) is 11.2 Å². The summed E-state index contributed by atoms with van der Waals surface area (Å²) in [5, 5.41) is 0. The topological polar surface area (TPSA) is 34.9 Å². The summed E-state index contributed by atoms with van der Waals surface area (Å²) in [6.07, 6.45) is 7.23. The zero-order chi connectivity index (χ0) is 8.10. The number of rotatable bonds is 4. The van der Waals surface area contributed by atoms with Gasteiger partial charge in [0.05, 0.1) is 0 Å². The normalized spacial score (nSPS) is 9.91. The van der Waals surface area contributed by atoms with Gasteiger partial charge in [0.1, 0.15) is 5.82 Å². The second-order valence-electron chi connectivity index (χ2n) is 2.46. The molecule has 0 aromatic carbocycles. The monoisotopic (exact) mass is 152 g/mol. The maximum atomic E-state index is 10.4. The van der Waals surface area contributed by atoms with E-state index in [0.717, 1.165) is 31.5 Å². The molecule has 11 heavy (non-hydrogen) atoms. The van der Waals surface area contributed by atoms with Crippen molar-refractivity contribution in [2.75, 3.05) is 0 Å². The molecule has 0 radical (unpaired) electrons. The van der Waals surface area contributed by atoms with Crippen molar-refractivity contribution in [2.24, 2.45) is 0 Å². The number of carbonyl (C=O) groups is 1. The summed E-state index contributed by atoms with van der Waals surface area (Å²) in [5.41, 5.74) is 0. The maximum absolute atomic E-state index is 10.4. The number of aryl methyl sites for hydroxylation is 1. The molecule has 0 saturated carbocycles. The highest BCUT2D eigenvalue weighted by atomic mass is 16.1. The molecular weight excluding hydrogens is 140 g/mol. The summed E-state index contributed by atoms with van der Waals surface area (Å²) in [5.74, 6) is 0.863. The summed E-state index contributed by atoms with van der Waals surface area (Å²) in [7, 11) is 0. The largest absolute Gasteiger partial charge is 0.278 e. The number of carbonyl (C=O) groups excluding carboxylic acids is 1. The molecule has 0 spiro atoms. The number of unbranched alkanes of at least 4 members (excludes halogenated alkanes) is 1. The van der Waals surface area contributed by atoms with Crippen LogP contribution < -0.4 is 0 Å². The number of nitrogens with zero attached hydrogens (tertiary/aromatic N) is 2. The van der Waals surface area contributed by atoms with Crippen molar-refractivity contribution >= 4 is 6.41 Å². The highest BCUT2D eigenvalue weighted by Gasteiger charge is 1.98. The molecular formula is C8H12N2O. The van der Waals surface area contributed by atoms with Gasteiger partial charge in [-0.25, -0.2) is 4.98 Å². The predicted molar refractivity (Wildman–Crippen MR) is 43.0 cm³/mol. The predicted octanol–water partition coefficient (Wildman–Crippen LogP) is 1.26. The highest BCUT2D eigenvalue weighted by Crippen LogP contribution is 2.00. The first-order valence-electron chi connectivity index (χ1n) is 3.85. The molecule has 3 nitrogen and oxygen atoms in total. The van der Waals surface area contributed by atoms with E-state index in [-0.39, 0.29) is 0 Å². The smallest absolute Gasteiger partial charge is 0.219 e. The molecule has 0 bridgehead atoms. The fourth-order valence-electron chi connectivity index (χ4n) is 0.968. The Morgan fingerprint density at radius 3 is 3.18 bits per heavy atom. The molecule has 1 aromatic heterocycles. The molecule has 0 aliphatic heterocycles. The summed E-state index contributed by atoms with van der Waals surface area (Å²) < 4.78 is 1.52. The lowest BCUT2D eigenvalue weighted by molar-refractivity contribution is 0.544. The first kappa shape index (κ1) is 7.98. The van der Waals surface area contributed by atoms with Crippen molar-refractivity contribution in [3.8, 4) is 0 Å². The van der Waals surface area contributed by atoms with Crippen LogP contribution in [0.15, 0.2) is 12.4 Å². The van der Waals surface area contributed by atoms with Gasteiger partial charge in [0.2, 0.25) is 6.41 Å². The first-order valence-corrected chi connectivity index (χ1v) is 3.85. The average Bonchev–Trinajstić information content (AvgIpc) is 2.47. The van der Waals surface area contributed by atoms with Crippen LogP contribution in [-0.4, -0.2) is 16.0 Å². The fraction of sp³-hybridized carbons (Fsp3) is 0.500. The Morgan fingerprint density at radius 1 is 1.73 bits per heavy atom. The first-order chi connectivity index (χ1) is 5.38. The number of hydrogen-bond acceptors (Lipinski definition) is 2. The fourth-order valence-corrected chi connectivity index (χ4v) is 0.968. The Hall–Kier alpha value is -1.12. The summed E-state index contributed by atoms with van der Waals surface area (Å²) in [4.78, 5) is 14.4. The lowest BCUT2D eigenvalue weighted by Gasteiger charge is -1.96. The third-order valence-corrected chi connectivity index (χ3v) is 1.62. The van der Waals surface area contributed by atoms with Gasteiger partial charge in [-0.1, -0.05) is 13.3 Å². The van der Waals surface area contributed by atoms with Gasteiger partial charge < -0.3 is 0 Å². The van der Waals surface area contributed by atoms with E-state index in [0.29, 0.717) is 0 Å². The third kappa shape index (κ3) is 1.90. The number of imidazole rings is 1. The Kier molecular flexibility index (Phi) is 2.83. The van der Waals surface area contributed by atoms with Crippen LogP contribution in [0.2, 0.25) is 0 Å². The molecule has 1 heterocycles. The van der Waals surface area contributed by atoms with Gasteiger partial charge in [-0.05, 0) is 6.42 Å². The van der Waals surface area contributed by atoms with Gasteiger partial charge in [-0.15, -0.1) is 0 Å². The van der Waals surface area contributed by atoms with Crippen molar-refractivity contribution < 1.29 is 4.79 Å². The minimum absolute atomic E-state index is 0.790. The quantitative estimate of drug-likeness (QED) is 0.609. The lowest BCUT2D eigenvalue weighted by atomic mass is 10.2. The molecule has 3 heteroatoms. The van der Waals surface area contributed by atoms with E-state index in [2.05, 4.69) is 11.9 Å². The van der Waals surface area contributed by atoms with E-state index < -0.39 is 0 Å². The molecule has 0 saturated heterocycles. The van der Waals surface area contributed by atoms with Crippen LogP contribution >= 0.6 is 0 Å². The molecule has 1 aromatic rings. The van der Waals surface area contributed by atoms with Gasteiger partial charge in [0.25, 0.3) is 0 Å². The van der Waals surface area contributed by atoms with Crippen molar-refractivity contribution in [2.45, 2.75) is 26.2 Å². The molecule has 60 valence electrons. The van der Waals surface area contributed by atoms with Crippen molar-refractivity contribution in [1.82, 2.24) is 9.55 Å². The second kappa shape index (κ2) is 3.91. The third-order valence-electron chi connectivity index (χ3n) is 1.62. The van der Waals surface area contributed by atoms with E-state index in [4.69, 9.17) is 0 Å². The highest BCUT2D eigenvalue weighted by molar-refractivity contribution is 5.52. The van der Waals surface area contributed by atoms with Gasteiger partial charge >= 0.3 is 0 Å². The number of hydrogen-bond donors (Lipinski definition) is 0. The molecule has 0 fully saturated rings. The van der Waals surface area contributed by atoms with Crippen LogP contribution in [0.25, 0.3) is 0 Å². The van der Waals surface area contributed by atoms with E-state index in [1.54, 1.807) is 12.4 Å². The molecule has 0 unspecified atom stereocenters. The maximum Gasteiger partial charge on any atom is 0.219 e. The Balaban J connectivity index is 2.61. The van der Waals surface area contributed by atoms with Crippen LogP contribution in [0, 0.1) is 0 Å². The Morgan fingerprint density at radius 2 is 2.55 bits per heavy atom. The summed E-state index contributed by atoms with van der Waals surface area (Å²) >= 11 is 0. The van der Waals surface area contributed by atoms with E-state index >= 15 is 0 Å². The molecule has 0 aliphatic carbocycles. The standard InChI is InChI=1S/C8H12N2O/c1-2-3-4-8-9-5-6-10(8)7-11/h5-7H,2-4H2,1H3. The molecule has 0 N–H and O–H groups in total. The van der Waals surface area contributed by atoms with Crippen LogP contribution in [0.4, 0.5) is 0 Å². The Bertz CT molecular complexity index is 230. The molecule has 0 aliphatic rings. The van der Waals surface area contributed by atoms with Crippen molar-refractivity contribution in [3.05, 3.63) is 18.2 Å². The van der Waals surface area contributed by atoms with E-state index in [1.807, 2.05) is 0 Å². The Labute approximate surface area is 66.1 Å². The van der Waals surface area contributed by atoms with Crippen LogP contribution in [0.1, 0.15) is 25.6 Å². The SMILES string of the molecule is CCCCc1nccn1C=O. The summed E-state index contributed by atoms with van der Waals surface area (Å²) in [6.45, 7) is 2.12. The lowest BCUT2D eigenvalue weighted by Crippen LogP contribution is -2.00. The van der Waals surface area contributed by atoms with Gasteiger partial charge in [-0.3, -0.25) is 9.36 Å². The van der Waals surface area contributed by atoms with Crippen LogP contribution in [0.3, 0.4) is 0 Å². The minimum Gasteiger partial charge on any atom is -0.278 e. The van der Waals surface area contributed by atoms with Crippen LogP contribution in [0.5, 0.6) is 0 Å². The van der Waals surface area contributed by atoms with Crippen molar-refractivity contribution in [3.63, 3.8) is 0 Å². The van der Waals surface area contributed by atoms with E-state index in [1.165, 1.54) is 4.57 Å². The van der Waals surface area contributed by atoms with Gasteiger partial charge in [0, 0.05) is 18.8 Å². The van der Waals surface area contributed by atoms with E-state index in [9.17, 15) is 4.79 Å². The molecule has 0 amide bonds. The van der Waals surface area contributed by atoms with Crippen molar-refractivity contribution in [1.29, 1.82) is 0 Å².